The lowest BCUT2D eigenvalue weighted by Gasteiger charge is -2.06. The van der Waals surface area contributed by atoms with Gasteiger partial charge in [0.2, 0.25) is 0 Å². The maximum Gasteiger partial charge on any atom is 0.252 e. The Morgan fingerprint density at radius 2 is 1.42 bits per heavy atom. The van der Waals surface area contributed by atoms with Crippen LogP contribution in [0.25, 0.3) is 33.3 Å². The zero-order chi connectivity index (χ0) is 16.5. The minimum atomic E-state index is -0.446. The third-order valence-corrected chi connectivity index (χ3v) is 4.37. The Balaban J connectivity index is 2.07. The molecule has 4 aromatic rings. The first kappa shape index (κ1) is 14.7. The largest absolute Gasteiger partial charge is 0.354 e. The van der Waals surface area contributed by atoms with Gasteiger partial charge < -0.3 is 4.98 Å². The van der Waals surface area contributed by atoms with E-state index in [1.54, 1.807) is 6.07 Å². The van der Waals surface area contributed by atoms with Gasteiger partial charge in [-0.3, -0.25) is 4.79 Å². The second kappa shape index (κ2) is 5.99. The summed E-state index contributed by atoms with van der Waals surface area (Å²) in [4.78, 5) is 15.1. The van der Waals surface area contributed by atoms with Crippen LogP contribution in [-0.2, 0) is 0 Å². The minimum Gasteiger partial charge on any atom is -0.354 e. The summed E-state index contributed by atoms with van der Waals surface area (Å²) in [6.45, 7) is 0. The van der Waals surface area contributed by atoms with E-state index < -0.39 is 5.24 Å². The standard InChI is InChI=1S/C21H14ClNO/c22-21(24)16-11-12-18-17(13-16)19(14-7-3-1-4-8-14)20(23-18)15-9-5-2-6-10-15/h1-13,23H. The molecule has 1 aromatic heterocycles. The van der Waals surface area contributed by atoms with Crippen molar-refractivity contribution in [1.82, 2.24) is 4.98 Å². The highest BCUT2D eigenvalue weighted by Crippen LogP contribution is 2.38. The molecule has 4 rings (SSSR count). The lowest BCUT2D eigenvalue weighted by Crippen LogP contribution is -1.87. The summed E-state index contributed by atoms with van der Waals surface area (Å²) in [6.07, 6.45) is 0. The maximum absolute atomic E-state index is 11.6. The van der Waals surface area contributed by atoms with Gasteiger partial charge in [0, 0.05) is 22.0 Å². The van der Waals surface area contributed by atoms with Crippen LogP contribution in [0.1, 0.15) is 10.4 Å². The smallest absolute Gasteiger partial charge is 0.252 e. The lowest BCUT2D eigenvalue weighted by molar-refractivity contribution is 0.108. The molecular formula is C21H14ClNO. The third-order valence-electron chi connectivity index (χ3n) is 4.15. The molecule has 0 atom stereocenters. The predicted octanol–water partition coefficient (Wildman–Crippen LogP) is 5.88. The Hall–Kier alpha value is -2.84. The van der Waals surface area contributed by atoms with Gasteiger partial charge in [-0.05, 0) is 40.9 Å². The second-order valence-electron chi connectivity index (χ2n) is 5.64. The SMILES string of the molecule is O=C(Cl)c1ccc2[nH]c(-c3ccccc3)c(-c3ccccc3)c2c1. The lowest BCUT2D eigenvalue weighted by atomic mass is 9.98. The van der Waals surface area contributed by atoms with Crippen LogP contribution in [0.2, 0.25) is 0 Å². The predicted molar refractivity (Wildman–Crippen MR) is 99.4 cm³/mol. The first-order valence-corrected chi connectivity index (χ1v) is 8.08. The number of aromatic nitrogens is 1. The molecule has 0 radical (unpaired) electrons. The number of benzene rings is 3. The fraction of sp³-hybridized carbons (Fsp3) is 0. The van der Waals surface area contributed by atoms with Crippen molar-refractivity contribution < 1.29 is 4.79 Å². The molecule has 0 amide bonds. The molecule has 3 heteroatoms. The highest BCUT2D eigenvalue weighted by molar-refractivity contribution is 6.67. The molecule has 0 aliphatic heterocycles. The van der Waals surface area contributed by atoms with Crippen molar-refractivity contribution in [1.29, 1.82) is 0 Å². The Bertz CT molecular complexity index is 1020. The van der Waals surface area contributed by atoms with Gasteiger partial charge in [0.25, 0.3) is 5.24 Å². The van der Waals surface area contributed by atoms with Gasteiger partial charge in [-0.2, -0.15) is 0 Å². The van der Waals surface area contributed by atoms with E-state index in [0.29, 0.717) is 5.56 Å². The summed E-state index contributed by atoms with van der Waals surface area (Å²) < 4.78 is 0. The van der Waals surface area contributed by atoms with E-state index in [1.165, 1.54) is 0 Å². The molecule has 1 heterocycles. The Morgan fingerprint density at radius 1 is 0.792 bits per heavy atom. The van der Waals surface area contributed by atoms with Crippen LogP contribution in [0.4, 0.5) is 0 Å². The summed E-state index contributed by atoms with van der Waals surface area (Å²) >= 11 is 5.68. The maximum atomic E-state index is 11.6. The first-order valence-electron chi connectivity index (χ1n) is 7.70. The number of halogens is 1. The second-order valence-corrected chi connectivity index (χ2v) is 5.98. The number of hydrogen-bond donors (Lipinski definition) is 1. The van der Waals surface area contributed by atoms with Crippen molar-refractivity contribution in [2.24, 2.45) is 0 Å². The van der Waals surface area contributed by atoms with E-state index in [2.05, 4.69) is 29.2 Å². The van der Waals surface area contributed by atoms with E-state index >= 15 is 0 Å². The number of nitrogens with one attached hydrogen (secondary N) is 1. The zero-order valence-electron chi connectivity index (χ0n) is 12.8. The van der Waals surface area contributed by atoms with Crippen molar-refractivity contribution in [3.8, 4) is 22.4 Å². The molecule has 0 fully saturated rings. The summed E-state index contributed by atoms with van der Waals surface area (Å²) in [5, 5.41) is 0.546. The summed E-state index contributed by atoms with van der Waals surface area (Å²) in [5.41, 5.74) is 5.80. The van der Waals surface area contributed by atoms with E-state index in [0.717, 1.165) is 33.3 Å². The van der Waals surface area contributed by atoms with Crippen molar-refractivity contribution >= 4 is 27.7 Å². The van der Waals surface area contributed by atoms with Gasteiger partial charge in [-0.1, -0.05) is 60.7 Å². The monoisotopic (exact) mass is 331 g/mol. The van der Waals surface area contributed by atoms with Crippen LogP contribution in [0, 0.1) is 0 Å². The van der Waals surface area contributed by atoms with Crippen molar-refractivity contribution in [2.75, 3.05) is 0 Å². The van der Waals surface area contributed by atoms with Crippen LogP contribution in [0.15, 0.2) is 78.9 Å². The zero-order valence-corrected chi connectivity index (χ0v) is 13.5. The highest BCUT2D eigenvalue weighted by atomic mass is 35.5. The van der Waals surface area contributed by atoms with Crippen molar-refractivity contribution in [2.45, 2.75) is 0 Å². The highest BCUT2D eigenvalue weighted by Gasteiger charge is 2.16. The number of aromatic amines is 1. The Morgan fingerprint density at radius 3 is 2.04 bits per heavy atom. The minimum absolute atomic E-state index is 0.446. The fourth-order valence-electron chi connectivity index (χ4n) is 3.04. The molecule has 0 unspecified atom stereocenters. The molecular weight excluding hydrogens is 318 g/mol. The van der Waals surface area contributed by atoms with Crippen LogP contribution < -0.4 is 0 Å². The van der Waals surface area contributed by atoms with E-state index in [9.17, 15) is 4.79 Å². The molecule has 0 spiro atoms. The van der Waals surface area contributed by atoms with Crippen molar-refractivity contribution in [3.63, 3.8) is 0 Å². The summed E-state index contributed by atoms with van der Waals surface area (Å²) in [5.74, 6) is 0. The van der Waals surface area contributed by atoms with Crippen LogP contribution in [0.3, 0.4) is 0 Å². The molecule has 3 aromatic carbocycles. The molecule has 0 aliphatic carbocycles. The quantitative estimate of drug-likeness (QED) is 0.467. The Kier molecular flexibility index (Phi) is 3.68. The molecule has 0 bridgehead atoms. The van der Waals surface area contributed by atoms with Crippen molar-refractivity contribution in [3.05, 3.63) is 84.4 Å². The number of H-pyrrole nitrogens is 1. The average Bonchev–Trinajstić information content (AvgIpc) is 3.01. The number of carbonyl (C=O) groups excluding carboxylic acids is 1. The molecule has 0 aliphatic rings. The summed E-state index contributed by atoms with van der Waals surface area (Å²) in [7, 11) is 0. The van der Waals surface area contributed by atoms with Gasteiger partial charge in [-0.25, -0.2) is 0 Å². The normalized spacial score (nSPS) is 10.9. The molecule has 24 heavy (non-hydrogen) atoms. The first-order chi connectivity index (χ1) is 11.7. The van der Waals surface area contributed by atoms with Gasteiger partial charge in [0.1, 0.15) is 0 Å². The third kappa shape index (κ3) is 2.51. The van der Waals surface area contributed by atoms with Gasteiger partial charge in [0.15, 0.2) is 0 Å². The van der Waals surface area contributed by atoms with E-state index in [1.807, 2.05) is 48.5 Å². The van der Waals surface area contributed by atoms with Gasteiger partial charge >= 0.3 is 0 Å². The molecule has 116 valence electrons. The number of rotatable bonds is 3. The molecule has 1 N–H and O–H groups in total. The van der Waals surface area contributed by atoms with E-state index in [-0.39, 0.29) is 0 Å². The van der Waals surface area contributed by atoms with Gasteiger partial charge in [-0.15, -0.1) is 0 Å². The molecule has 2 nitrogen and oxygen atoms in total. The molecule has 0 saturated heterocycles. The Labute approximate surface area is 144 Å². The van der Waals surface area contributed by atoms with Gasteiger partial charge in [0.05, 0.1) is 5.69 Å². The van der Waals surface area contributed by atoms with Crippen LogP contribution in [-0.4, -0.2) is 10.2 Å². The topological polar surface area (TPSA) is 32.9 Å². The number of hydrogen-bond acceptors (Lipinski definition) is 1. The number of carbonyl (C=O) groups is 1. The van der Waals surface area contributed by atoms with Crippen LogP contribution >= 0.6 is 11.6 Å². The number of fused-ring (bicyclic) bond motifs is 1. The van der Waals surface area contributed by atoms with Crippen LogP contribution in [0.5, 0.6) is 0 Å². The van der Waals surface area contributed by atoms with E-state index in [4.69, 9.17) is 11.6 Å². The fourth-order valence-corrected chi connectivity index (χ4v) is 3.16. The molecule has 0 saturated carbocycles. The average molecular weight is 332 g/mol. The summed E-state index contributed by atoms with van der Waals surface area (Å²) in [6, 6.07) is 25.9.